The first-order valence-corrected chi connectivity index (χ1v) is 5.04. The minimum atomic E-state index is 0.524. The van der Waals surface area contributed by atoms with E-state index < -0.39 is 0 Å². The Bertz CT molecular complexity index is 227. The lowest BCUT2D eigenvalue weighted by Crippen LogP contribution is -2.07. The molecule has 1 unspecified atom stereocenters. The number of aromatic nitrogens is 2. The van der Waals surface area contributed by atoms with E-state index >= 15 is 0 Å². The normalized spacial score (nSPS) is 22.3. The van der Waals surface area contributed by atoms with E-state index in [4.69, 9.17) is 4.74 Å². The van der Waals surface area contributed by atoms with Crippen LogP contribution in [0.25, 0.3) is 0 Å². The molecule has 2 heterocycles. The zero-order valence-electron chi connectivity index (χ0n) is 7.85. The lowest BCUT2D eigenvalue weighted by Gasteiger charge is -2.08. The summed E-state index contributed by atoms with van der Waals surface area (Å²) in [5.74, 6) is 0. The zero-order valence-corrected chi connectivity index (χ0v) is 7.85. The van der Waals surface area contributed by atoms with Crippen LogP contribution < -0.4 is 0 Å². The molecule has 0 amide bonds. The Morgan fingerprint density at radius 3 is 3.23 bits per heavy atom. The fraction of sp³-hybridized carbons (Fsp3) is 0.700. The van der Waals surface area contributed by atoms with Gasteiger partial charge in [-0.15, -0.1) is 0 Å². The van der Waals surface area contributed by atoms with Crippen molar-refractivity contribution >= 4 is 0 Å². The Labute approximate surface area is 78.7 Å². The second-order valence-electron chi connectivity index (χ2n) is 3.55. The van der Waals surface area contributed by atoms with E-state index in [1.165, 1.54) is 25.7 Å². The third-order valence-electron chi connectivity index (χ3n) is 2.50. The van der Waals surface area contributed by atoms with Crippen molar-refractivity contribution in [1.29, 1.82) is 0 Å². The molecule has 0 aromatic carbocycles. The summed E-state index contributed by atoms with van der Waals surface area (Å²) in [6, 6.07) is 1.96. The molecule has 0 saturated carbocycles. The summed E-state index contributed by atoms with van der Waals surface area (Å²) < 4.78 is 7.52. The molecule has 0 aliphatic carbocycles. The Morgan fingerprint density at radius 2 is 2.54 bits per heavy atom. The van der Waals surface area contributed by atoms with Crippen LogP contribution in [0.2, 0.25) is 0 Å². The summed E-state index contributed by atoms with van der Waals surface area (Å²) >= 11 is 0. The summed E-state index contributed by atoms with van der Waals surface area (Å²) in [5, 5.41) is 4.16. The van der Waals surface area contributed by atoms with Gasteiger partial charge in [-0.2, -0.15) is 5.10 Å². The molecule has 1 aliphatic heterocycles. The second kappa shape index (κ2) is 4.42. The number of hydrogen-bond donors (Lipinski definition) is 0. The number of nitrogens with zero attached hydrogens (tertiary/aromatic N) is 2. The minimum Gasteiger partial charge on any atom is -0.378 e. The monoisotopic (exact) mass is 180 g/mol. The highest BCUT2D eigenvalue weighted by atomic mass is 16.5. The quantitative estimate of drug-likeness (QED) is 0.707. The highest BCUT2D eigenvalue weighted by Gasteiger charge is 2.14. The van der Waals surface area contributed by atoms with Crippen LogP contribution in [0.3, 0.4) is 0 Å². The molecule has 2 rings (SSSR count). The highest BCUT2D eigenvalue weighted by Crippen LogP contribution is 2.16. The largest absolute Gasteiger partial charge is 0.378 e. The average molecular weight is 180 g/mol. The van der Waals surface area contributed by atoms with Crippen LogP contribution in [0, 0.1) is 0 Å². The molecule has 3 nitrogen and oxygen atoms in total. The molecular weight excluding hydrogens is 164 g/mol. The molecule has 72 valence electrons. The van der Waals surface area contributed by atoms with E-state index in [1.807, 2.05) is 23.1 Å². The van der Waals surface area contributed by atoms with Crippen LogP contribution in [0.15, 0.2) is 18.5 Å². The van der Waals surface area contributed by atoms with Crippen LogP contribution in [0.5, 0.6) is 0 Å². The van der Waals surface area contributed by atoms with Crippen LogP contribution in [0.1, 0.15) is 25.7 Å². The number of hydrogen-bond acceptors (Lipinski definition) is 2. The molecule has 1 aliphatic rings. The molecule has 1 atom stereocenters. The van der Waals surface area contributed by atoms with E-state index in [9.17, 15) is 0 Å². The van der Waals surface area contributed by atoms with Crippen molar-refractivity contribution < 1.29 is 4.74 Å². The third kappa shape index (κ3) is 2.56. The third-order valence-corrected chi connectivity index (χ3v) is 2.50. The Balaban J connectivity index is 1.63. The smallest absolute Gasteiger partial charge is 0.0576 e. The maximum Gasteiger partial charge on any atom is 0.0576 e. The topological polar surface area (TPSA) is 27.1 Å². The fourth-order valence-corrected chi connectivity index (χ4v) is 1.79. The highest BCUT2D eigenvalue weighted by molar-refractivity contribution is 4.77. The van der Waals surface area contributed by atoms with Crippen molar-refractivity contribution in [2.24, 2.45) is 0 Å². The van der Waals surface area contributed by atoms with Crippen molar-refractivity contribution in [2.45, 2.75) is 38.3 Å². The van der Waals surface area contributed by atoms with E-state index in [-0.39, 0.29) is 0 Å². The van der Waals surface area contributed by atoms with Crippen molar-refractivity contribution in [3.63, 3.8) is 0 Å². The average Bonchev–Trinajstić information content (AvgIpc) is 2.75. The van der Waals surface area contributed by atoms with E-state index in [2.05, 4.69) is 5.10 Å². The zero-order chi connectivity index (χ0) is 8.93. The van der Waals surface area contributed by atoms with Gasteiger partial charge in [0.05, 0.1) is 6.10 Å². The molecule has 0 N–H and O–H groups in total. The van der Waals surface area contributed by atoms with Gasteiger partial charge in [0.2, 0.25) is 0 Å². The molecule has 1 fully saturated rings. The van der Waals surface area contributed by atoms with Crippen molar-refractivity contribution in [2.75, 3.05) is 6.61 Å². The summed E-state index contributed by atoms with van der Waals surface area (Å²) in [7, 11) is 0. The van der Waals surface area contributed by atoms with Gasteiger partial charge in [-0.25, -0.2) is 0 Å². The van der Waals surface area contributed by atoms with Gasteiger partial charge in [0.1, 0.15) is 0 Å². The molecule has 1 aromatic heterocycles. The fourth-order valence-electron chi connectivity index (χ4n) is 1.79. The van der Waals surface area contributed by atoms with E-state index in [0.29, 0.717) is 6.10 Å². The number of ether oxygens (including phenoxy) is 1. The van der Waals surface area contributed by atoms with Gasteiger partial charge in [0, 0.05) is 25.5 Å². The van der Waals surface area contributed by atoms with Gasteiger partial charge in [0.15, 0.2) is 0 Å². The standard InChI is InChI=1S/C10H16N2O/c1(4-10-5-2-9-13-10)7-12-8-3-6-11-12/h3,6,8,10H,1-2,4-5,7,9H2. The minimum absolute atomic E-state index is 0.524. The second-order valence-corrected chi connectivity index (χ2v) is 3.55. The lowest BCUT2D eigenvalue weighted by molar-refractivity contribution is 0.101. The van der Waals surface area contributed by atoms with Gasteiger partial charge in [-0.05, 0) is 31.7 Å². The molecule has 0 bridgehead atoms. The Morgan fingerprint density at radius 1 is 1.54 bits per heavy atom. The van der Waals surface area contributed by atoms with Crippen LogP contribution >= 0.6 is 0 Å². The van der Waals surface area contributed by atoms with Gasteiger partial charge >= 0.3 is 0 Å². The van der Waals surface area contributed by atoms with Crippen LogP contribution in [-0.2, 0) is 11.3 Å². The van der Waals surface area contributed by atoms with Crippen molar-refractivity contribution in [3.8, 4) is 0 Å². The first kappa shape index (κ1) is 8.75. The summed E-state index contributed by atoms with van der Waals surface area (Å²) in [5.41, 5.74) is 0. The maximum absolute atomic E-state index is 5.54. The van der Waals surface area contributed by atoms with Crippen molar-refractivity contribution in [1.82, 2.24) is 9.78 Å². The molecular formula is C10H16N2O. The van der Waals surface area contributed by atoms with Gasteiger partial charge in [-0.1, -0.05) is 0 Å². The molecule has 13 heavy (non-hydrogen) atoms. The summed E-state index contributed by atoms with van der Waals surface area (Å²) in [6.45, 7) is 1.99. The number of aryl methyl sites for hydroxylation is 1. The summed E-state index contributed by atoms with van der Waals surface area (Å²) in [6.07, 6.45) is 9.20. The van der Waals surface area contributed by atoms with E-state index in [1.54, 1.807) is 0 Å². The van der Waals surface area contributed by atoms with E-state index in [0.717, 1.165) is 13.2 Å². The first-order valence-electron chi connectivity index (χ1n) is 5.04. The Hall–Kier alpha value is -0.830. The number of rotatable bonds is 4. The lowest BCUT2D eigenvalue weighted by atomic mass is 10.1. The van der Waals surface area contributed by atoms with Crippen LogP contribution in [0.4, 0.5) is 0 Å². The molecule has 1 aromatic rings. The summed E-state index contributed by atoms with van der Waals surface area (Å²) in [4.78, 5) is 0. The molecule has 0 radical (unpaired) electrons. The van der Waals surface area contributed by atoms with Gasteiger partial charge in [-0.3, -0.25) is 4.68 Å². The predicted octanol–water partition coefficient (Wildman–Crippen LogP) is 1.84. The van der Waals surface area contributed by atoms with Gasteiger partial charge in [0.25, 0.3) is 0 Å². The maximum atomic E-state index is 5.54. The van der Waals surface area contributed by atoms with Crippen molar-refractivity contribution in [3.05, 3.63) is 18.5 Å². The SMILES string of the molecule is c1cnn(CCCC2CCCO2)c1. The first-order chi connectivity index (χ1) is 6.45. The molecule has 1 saturated heterocycles. The van der Waals surface area contributed by atoms with Crippen LogP contribution in [-0.4, -0.2) is 22.5 Å². The molecule has 0 spiro atoms. The predicted molar refractivity (Wildman–Crippen MR) is 50.4 cm³/mol. The van der Waals surface area contributed by atoms with Gasteiger partial charge < -0.3 is 4.74 Å². The molecule has 3 heteroatoms. The Kier molecular flexibility index (Phi) is 2.98.